The first-order valence-corrected chi connectivity index (χ1v) is 8.25. The minimum absolute atomic E-state index is 0.0965. The predicted molar refractivity (Wildman–Crippen MR) is 74.7 cm³/mol. The molecule has 0 aromatic carbocycles. The second-order valence-electron chi connectivity index (χ2n) is 5.16. The van der Waals surface area contributed by atoms with E-state index in [1.54, 1.807) is 10.9 Å². The van der Waals surface area contributed by atoms with E-state index >= 15 is 0 Å². The van der Waals surface area contributed by atoms with Crippen LogP contribution in [0.2, 0.25) is 0 Å². The molecule has 1 aromatic heterocycles. The lowest BCUT2D eigenvalue weighted by atomic mass is 10.3. The van der Waals surface area contributed by atoms with Gasteiger partial charge in [-0.3, -0.25) is 4.68 Å². The van der Waals surface area contributed by atoms with E-state index in [4.69, 9.17) is 10.5 Å². The van der Waals surface area contributed by atoms with E-state index in [9.17, 15) is 8.42 Å². The van der Waals surface area contributed by atoms with E-state index in [1.807, 2.05) is 13.8 Å². The summed E-state index contributed by atoms with van der Waals surface area (Å²) in [5, 5.41) is 4.08. The smallest absolute Gasteiger partial charge is 0.246 e. The Morgan fingerprint density at radius 3 is 2.65 bits per heavy atom. The minimum atomic E-state index is -3.49. The second kappa shape index (κ2) is 6.21. The van der Waals surface area contributed by atoms with E-state index in [-0.39, 0.29) is 17.1 Å². The summed E-state index contributed by atoms with van der Waals surface area (Å²) in [6.07, 6.45) is 3.54. The Morgan fingerprint density at radius 2 is 2.05 bits per heavy atom. The molecule has 2 heterocycles. The number of morpholine rings is 1. The van der Waals surface area contributed by atoms with Gasteiger partial charge in [0.25, 0.3) is 0 Å². The summed E-state index contributed by atoms with van der Waals surface area (Å²) in [6.45, 7) is 5.69. The van der Waals surface area contributed by atoms with Crippen molar-refractivity contribution in [2.45, 2.75) is 43.9 Å². The standard InChI is InChI=1S/C12H22N4O3S/c1-10-7-16(8-11(2)19-10)20(17,18)12-6-14-15(9-12)5-3-4-13/h6,9-11H,3-5,7-8,13H2,1-2H3. The molecule has 2 rings (SSSR count). The second-order valence-corrected chi connectivity index (χ2v) is 7.10. The fourth-order valence-corrected chi connectivity index (χ4v) is 3.88. The summed E-state index contributed by atoms with van der Waals surface area (Å²) in [7, 11) is -3.49. The van der Waals surface area contributed by atoms with Gasteiger partial charge in [-0.25, -0.2) is 8.42 Å². The average Bonchev–Trinajstić information content (AvgIpc) is 2.84. The number of sulfonamides is 1. The van der Waals surface area contributed by atoms with Crippen LogP contribution in [0, 0.1) is 0 Å². The maximum absolute atomic E-state index is 12.6. The van der Waals surface area contributed by atoms with Crippen LogP contribution in [0.25, 0.3) is 0 Å². The molecule has 1 aliphatic rings. The summed E-state index contributed by atoms with van der Waals surface area (Å²) in [4.78, 5) is 0.232. The van der Waals surface area contributed by atoms with Crippen molar-refractivity contribution < 1.29 is 13.2 Å². The predicted octanol–water partition coefficient (Wildman–Crippen LogP) is 0.0298. The largest absolute Gasteiger partial charge is 0.373 e. The van der Waals surface area contributed by atoms with Crippen molar-refractivity contribution in [2.75, 3.05) is 19.6 Å². The summed E-state index contributed by atoms with van der Waals surface area (Å²) >= 11 is 0. The molecule has 0 saturated carbocycles. The highest BCUT2D eigenvalue weighted by molar-refractivity contribution is 7.89. The van der Waals surface area contributed by atoms with Gasteiger partial charge in [-0.2, -0.15) is 9.40 Å². The first kappa shape index (κ1) is 15.4. The molecule has 1 aromatic rings. The summed E-state index contributed by atoms with van der Waals surface area (Å²) in [6, 6.07) is 0. The Kier molecular flexibility index (Phi) is 4.79. The van der Waals surface area contributed by atoms with Gasteiger partial charge >= 0.3 is 0 Å². The van der Waals surface area contributed by atoms with Gasteiger partial charge in [-0.15, -0.1) is 0 Å². The highest BCUT2D eigenvalue weighted by atomic mass is 32.2. The molecule has 2 atom stereocenters. The van der Waals surface area contributed by atoms with E-state index in [0.717, 1.165) is 6.42 Å². The Hall–Kier alpha value is -0.960. The molecule has 2 N–H and O–H groups in total. The molecule has 8 heteroatoms. The maximum atomic E-state index is 12.6. The van der Waals surface area contributed by atoms with Crippen LogP contribution in [0.5, 0.6) is 0 Å². The Morgan fingerprint density at radius 1 is 1.40 bits per heavy atom. The van der Waals surface area contributed by atoms with Gasteiger partial charge in [0.2, 0.25) is 10.0 Å². The van der Waals surface area contributed by atoms with Crippen LogP contribution in [0.3, 0.4) is 0 Å². The lowest BCUT2D eigenvalue weighted by Gasteiger charge is -2.34. The van der Waals surface area contributed by atoms with E-state index in [2.05, 4.69) is 5.10 Å². The molecule has 2 unspecified atom stereocenters. The van der Waals surface area contributed by atoms with Gasteiger partial charge < -0.3 is 10.5 Å². The molecule has 114 valence electrons. The van der Waals surface area contributed by atoms with E-state index in [1.165, 1.54) is 10.5 Å². The summed E-state index contributed by atoms with van der Waals surface area (Å²) < 4.78 is 33.8. The zero-order chi connectivity index (χ0) is 14.8. The van der Waals surface area contributed by atoms with E-state index in [0.29, 0.717) is 26.2 Å². The first-order valence-electron chi connectivity index (χ1n) is 6.81. The SMILES string of the molecule is CC1CN(S(=O)(=O)c2cnn(CCCN)c2)CC(C)O1. The van der Waals surface area contributed by atoms with Gasteiger partial charge in [-0.05, 0) is 26.8 Å². The third-order valence-corrected chi connectivity index (χ3v) is 5.01. The molecule has 0 radical (unpaired) electrons. The molecular formula is C12H22N4O3S. The lowest BCUT2D eigenvalue weighted by molar-refractivity contribution is -0.0440. The van der Waals surface area contributed by atoms with Crippen molar-refractivity contribution in [3.63, 3.8) is 0 Å². The normalized spacial score (nSPS) is 24.9. The van der Waals surface area contributed by atoms with Crippen molar-refractivity contribution in [3.05, 3.63) is 12.4 Å². The third-order valence-electron chi connectivity index (χ3n) is 3.22. The van der Waals surface area contributed by atoms with Gasteiger partial charge in [-0.1, -0.05) is 0 Å². The van der Waals surface area contributed by atoms with Crippen molar-refractivity contribution in [3.8, 4) is 0 Å². The van der Waals surface area contributed by atoms with Crippen LogP contribution in [0.1, 0.15) is 20.3 Å². The molecule has 1 saturated heterocycles. The highest BCUT2D eigenvalue weighted by Crippen LogP contribution is 2.20. The Bertz CT molecular complexity index is 533. The van der Waals surface area contributed by atoms with Gasteiger partial charge in [0.1, 0.15) is 4.90 Å². The Balaban J connectivity index is 2.15. The zero-order valence-electron chi connectivity index (χ0n) is 11.9. The highest BCUT2D eigenvalue weighted by Gasteiger charge is 2.32. The number of hydrogen-bond donors (Lipinski definition) is 1. The number of ether oxygens (including phenoxy) is 1. The summed E-state index contributed by atoms with van der Waals surface area (Å²) in [5.41, 5.74) is 5.43. The fourth-order valence-electron chi connectivity index (χ4n) is 2.33. The Labute approximate surface area is 119 Å². The topological polar surface area (TPSA) is 90.5 Å². The molecular weight excluding hydrogens is 280 g/mol. The number of rotatable bonds is 5. The molecule has 1 aliphatic heterocycles. The van der Waals surface area contributed by atoms with Crippen LogP contribution in [0.15, 0.2) is 17.3 Å². The lowest BCUT2D eigenvalue weighted by Crippen LogP contribution is -2.48. The van der Waals surface area contributed by atoms with Gasteiger partial charge in [0.05, 0.1) is 18.4 Å². The molecule has 20 heavy (non-hydrogen) atoms. The zero-order valence-corrected chi connectivity index (χ0v) is 12.7. The molecule has 7 nitrogen and oxygen atoms in total. The van der Waals surface area contributed by atoms with Crippen LogP contribution < -0.4 is 5.73 Å². The van der Waals surface area contributed by atoms with Crippen LogP contribution in [0.4, 0.5) is 0 Å². The van der Waals surface area contributed by atoms with Crippen LogP contribution in [-0.4, -0.2) is 54.3 Å². The van der Waals surface area contributed by atoms with Crippen molar-refractivity contribution >= 4 is 10.0 Å². The maximum Gasteiger partial charge on any atom is 0.246 e. The number of hydrogen-bond acceptors (Lipinski definition) is 5. The molecule has 0 spiro atoms. The van der Waals surface area contributed by atoms with Crippen molar-refractivity contribution in [2.24, 2.45) is 5.73 Å². The molecule has 0 aliphatic carbocycles. The van der Waals surface area contributed by atoms with Gasteiger partial charge in [0.15, 0.2) is 0 Å². The first-order chi connectivity index (χ1) is 9.43. The fraction of sp³-hybridized carbons (Fsp3) is 0.750. The number of aryl methyl sites for hydroxylation is 1. The average molecular weight is 302 g/mol. The molecule has 0 amide bonds. The third kappa shape index (κ3) is 3.38. The molecule has 0 bridgehead atoms. The quantitative estimate of drug-likeness (QED) is 0.828. The molecule has 1 fully saturated rings. The number of aromatic nitrogens is 2. The monoisotopic (exact) mass is 302 g/mol. The van der Waals surface area contributed by atoms with E-state index < -0.39 is 10.0 Å². The van der Waals surface area contributed by atoms with Crippen LogP contribution >= 0.6 is 0 Å². The number of nitrogens with two attached hydrogens (primary N) is 1. The van der Waals surface area contributed by atoms with Crippen molar-refractivity contribution in [1.29, 1.82) is 0 Å². The van der Waals surface area contributed by atoms with Gasteiger partial charge in [0, 0.05) is 25.8 Å². The van der Waals surface area contributed by atoms with Crippen LogP contribution in [-0.2, 0) is 21.3 Å². The summed E-state index contributed by atoms with van der Waals surface area (Å²) in [5.74, 6) is 0. The van der Waals surface area contributed by atoms with Crippen molar-refractivity contribution in [1.82, 2.24) is 14.1 Å². The number of nitrogens with zero attached hydrogens (tertiary/aromatic N) is 3. The minimum Gasteiger partial charge on any atom is -0.373 e.